The zero-order valence-corrected chi connectivity index (χ0v) is 33.5. The number of carbonyl (C=O) groups excluding carboxylic acids is 3. The second-order valence-electron chi connectivity index (χ2n) is 14.9. The number of nitrogens with one attached hydrogen (secondary N) is 4. The summed E-state index contributed by atoms with van der Waals surface area (Å²) in [4.78, 5) is 43.9. The molecule has 0 aliphatic carbocycles. The van der Waals surface area contributed by atoms with Crippen molar-refractivity contribution >= 4 is 40.7 Å². The second-order valence-corrected chi connectivity index (χ2v) is 14.9. The average molecular weight is 786 g/mol. The summed E-state index contributed by atoms with van der Waals surface area (Å²) in [5.74, 6) is 1.37. The first-order valence-corrected chi connectivity index (χ1v) is 20.0. The van der Waals surface area contributed by atoms with Gasteiger partial charge in [0.15, 0.2) is 0 Å². The third-order valence-corrected chi connectivity index (χ3v) is 11.1. The Labute approximate surface area is 344 Å². The van der Waals surface area contributed by atoms with Gasteiger partial charge in [-0.25, -0.2) is 0 Å². The highest BCUT2D eigenvalue weighted by Gasteiger charge is 2.28. The number of fused-ring (bicyclic) bond motifs is 2. The molecule has 0 unspecified atom stereocenters. The van der Waals surface area contributed by atoms with Crippen molar-refractivity contribution in [2.24, 2.45) is 0 Å². The largest absolute Gasteiger partial charge is 0.496 e. The van der Waals surface area contributed by atoms with Crippen LogP contribution in [-0.2, 0) is 16.0 Å². The number of anilines is 2. The Kier molecular flexibility index (Phi) is 11.4. The molecule has 1 fully saturated rings. The van der Waals surface area contributed by atoms with Gasteiger partial charge in [0.05, 0.1) is 31.8 Å². The van der Waals surface area contributed by atoms with Crippen LogP contribution in [0.1, 0.15) is 45.7 Å². The summed E-state index contributed by atoms with van der Waals surface area (Å²) in [6.07, 6.45) is 4.78. The van der Waals surface area contributed by atoms with Gasteiger partial charge in [0, 0.05) is 58.1 Å². The van der Waals surface area contributed by atoms with Gasteiger partial charge in [0.1, 0.15) is 11.5 Å². The molecule has 10 heteroatoms. The number of likely N-dealkylation sites (tertiary alicyclic amines) is 1. The average Bonchev–Trinajstić information content (AvgIpc) is 4.06. The van der Waals surface area contributed by atoms with E-state index >= 15 is 0 Å². The van der Waals surface area contributed by atoms with E-state index in [-0.39, 0.29) is 17.7 Å². The van der Waals surface area contributed by atoms with Crippen LogP contribution in [0.3, 0.4) is 0 Å². The molecule has 0 radical (unpaired) electrons. The number of aryl methyl sites for hydroxylation is 1. The van der Waals surface area contributed by atoms with Crippen molar-refractivity contribution in [3.63, 3.8) is 0 Å². The predicted octanol–water partition coefficient (Wildman–Crippen LogP) is 8.84. The molecule has 3 aliphatic rings. The second kappa shape index (κ2) is 17.3. The van der Waals surface area contributed by atoms with Crippen LogP contribution in [0.4, 0.5) is 11.4 Å². The predicted molar refractivity (Wildman–Crippen MR) is 235 cm³/mol. The van der Waals surface area contributed by atoms with Crippen molar-refractivity contribution in [3.05, 3.63) is 143 Å². The van der Waals surface area contributed by atoms with Gasteiger partial charge in [-0.05, 0) is 85.5 Å². The third-order valence-electron chi connectivity index (χ3n) is 11.1. The highest BCUT2D eigenvalue weighted by atomic mass is 16.5. The van der Waals surface area contributed by atoms with Gasteiger partial charge in [-0.2, -0.15) is 0 Å². The molecule has 6 aromatic rings. The molecule has 3 aliphatic heterocycles. The lowest BCUT2D eigenvalue weighted by Crippen LogP contribution is -2.33. The number of hydrogen-bond donors (Lipinski definition) is 4. The number of H-pyrrole nitrogens is 1. The number of rotatable bonds is 10. The molecular formula is C49H47N5O5. The van der Waals surface area contributed by atoms with E-state index in [4.69, 9.17) is 9.47 Å². The van der Waals surface area contributed by atoms with Crippen LogP contribution in [0.25, 0.3) is 45.0 Å². The van der Waals surface area contributed by atoms with E-state index in [0.717, 1.165) is 98.4 Å². The number of nitrogens with zero attached hydrogens (tertiary/aromatic N) is 1. The van der Waals surface area contributed by atoms with Crippen LogP contribution in [0.2, 0.25) is 0 Å². The number of carbonyl (C=O) groups is 3. The van der Waals surface area contributed by atoms with Gasteiger partial charge in [-0.3, -0.25) is 14.4 Å². The molecule has 0 bridgehead atoms. The van der Waals surface area contributed by atoms with Crippen molar-refractivity contribution in [1.29, 1.82) is 0 Å². The van der Waals surface area contributed by atoms with E-state index in [1.165, 1.54) is 12.8 Å². The monoisotopic (exact) mass is 785 g/mol. The fourth-order valence-electron chi connectivity index (χ4n) is 8.17. The Morgan fingerprint density at radius 1 is 0.729 bits per heavy atom. The summed E-state index contributed by atoms with van der Waals surface area (Å²) in [5.41, 5.74) is 11.9. The Morgan fingerprint density at radius 2 is 1.36 bits per heavy atom. The van der Waals surface area contributed by atoms with E-state index in [9.17, 15) is 14.4 Å². The van der Waals surface area contributed by atoms with E-state index in [1.807, 2.05) is 128 Å². The van der Waals surface area contributed by atoms with Crippen molar-refractivity contribution in [1.82, 2.24) is 15.2 Å². The van der Waals surface area contributed by atoms with Crippen LogP contribution in [0.5, 0.6) is 11.5 Å². The van der Waals surface area contributed by atoms with Crippen molar-refractivity contribution in [2.75, 3.05) is 51.0 Å². The normalized spacial score (nSPS) is 14.9. The van der Waals surface area contributed by atoms with Gasteiger partial charge in [-0.15, -0.1) is 0 Å². The number of para-hydroxylation sites is 2. The molecule has 1 aromatic heterocycles. The minimum Gasteiger partial charge on any atom is -0.496 e. The first kappa shape index (κ1) is 38.9. The molecule has 59 heavy (non-hydrogen) atoms. The molecule has 4 heterocycles. The number of aromatic amines is 1. The SMILES string of the molecule is COc1ccccc1-c1ccc2c(c1)NC(=O)C2.COc1ccccc1-c1ccc2c(c1)NC(=O)C2=Cc1[nH]c(C)c(C(=O)NCCN2CCCC2)c1-c1ccccc1. The fourth-order valence-corrected chi connectivity index (χ4v) is 8.17. The van der Waals surface area contributed by atoms with Gasteiger partial charge >= 0.3 is 0 Å². The van der Waals surface area contributed by atoms with E-state index in [2.05, 4.69) is 25.8 Å². The van der Waals surface area contributed by atoms with Crippen molar-refractivity contribution in [3.8, 4) is 44.9 Å². The molecule has 3 amide bonds. The lowest BCUT2D eigenvalue weighted by molar-refractivity contribution is -0.115. The number of amides is 3. The maximum absolute atomic E-state index is 13.5. The number of ether oxygens (including phenoxy) is 2. The summed E-state index contributed by atoms with van der Waals surface area (Å²) in [6.45, 7) is 5.54. The van der Waals surface area contributed by atoms with E-state index in [1.54, 1.807) is 14.2 Å². The lowest BCUT2D eigenvalue weighted by atomic mass is 9.96. The van der Waals surface area contributed by atoms with Crippen LogP contribution < -0.4 is 25.4 Å². The number of benzene rings is 5. The summed E-state index contributed by atoms with van der Waals surface area (Å²) >= 11 is 0. The first-order chi connectivity index (χ1) is 28.8. The van der Waals surface area contributed by atoms with Crippen molar-refractivity contribution < 1.29 is 23.9 Å². The Balaban J connectivity index is 0.000000223. The number of hydrogen-bond acceptors (Lipinski definition) is 6. The van der Waals surface area contributed by atoms with Crippen LogP contribution in [-0.4, -0.2) is 68.0 Å². The Bertz CT molecular complexity index is 2570. The van der Waals surface area contributed by atoms with E-state index in [0.29, 0.717) is 24.1 Å². The summed E-state index contributed by atoms with van der Waals surface area (Å²) < 4.78 is 10.9. The van der Waals surface area contributed by atoms with Crippen molar-refractivity contribution in [2.45, 2.75) is 26.2 Å². The van der Waals surface area contributed by atoms with Crippen LogP contribution in [0, 0.1) is 6.92 Å². The molecule has 0 atom stereocenters. The molecular weight excluding hydrogens is 739 g/mol. The maximum Gasteiger partial charge on any atom is 0.256 e. The quantitative estimate of drug-likeness (QED) is 0.103. The first-order valence-electron chi connectivity index (χ1n) is 20.0. The van der Waals surface area contributed by atoms with Crippen LogP contribution in [0.15, 0.2) is 115 Å². The van der Waals surface area contributed by atoms with E-state index < -0.39 is 0 Å². The van der Waals surface area contributed by atoms with Gasteiger partial charge in [-0.1, -0.05) is 91.0 Å². The highest BCUT2D eigenvalue weighted by Crippen LogP contribution is 2.40. The minimum atomic E-state index is -0.181. The zero-order valence-electron chi connectivity index (χ0n) is 33.5. The fraction of sp³-hybridized carbons (Fsp3) is 0.204. The minimum absolute atomic E-state index is 0.0576. The third kappa shape index (κ3) is 8.26. The van der Waals surface area contributed by atoms with Gasteiger partial charge in [0.25, 0.3) is 11.8 Å². The Hall–Kier alpha value is -6.91. The summed E-state index contributed by atoms with van der Waals surface area (Å²) in [6, 6.07) is 37.5. The van der Waals surface area contributed by atoms with Gasteiger partial charge in [0.2, 0.25) is 5.91 Å². The van der Waals surface area contributed by atoms with Gasteiger partial charge < -0.3 is 35.3 Å². The molecule has 10 nitrogen and oxygen atoms in total. The highest BCUT2D eigenvalue weighted by molar-refractivity contribution is 6.35. The summed E-state index contributed by atoms with van der Waals surface area (Å²) in [7, 11) is 3.31. The molecule has 5 aromatic carbocycles. The lowest BCUT2D eigenvalue weighted by Gasteiger charge is -2.15. The topological polar surface area (TPSA) is 125 Å². The zero-order chi connectivity index (χ0) is 40.9. The molecule has 1 saturated heterocycles. The molecule has 0 spiro atoms. The molecule has 9 rings (SSSR count). The molecule has 298 valence electrons. The molecule has 0 saturated carbocycles. The molecule has 4 N–H and O–H groups in total. The summed E-state index contributed by atoms with van der Waals surface area (Å²) in [5, 5.41) is 9.02. The number of aromatic nitrogens is 1. The maximum atomic E-state index is 13.5. The standard InChI is InChI=1S/C34H34N4O3.C15H13NO2/c1-22-31(34(40)35-16-19-38-17-8-9-18-38)32(23-10-4-3-5-11-23)29(36-22)21-27-26-15-14-24(20-28(26)37-33(27)39)25-12-6-7-13-30(25)41-2;1-18-14-5-3-2-4-12(14)10-6-7-11-9-15(17)16-13(11)8-10/h3-7,10-15,20-21,36H,8-9,16-19H2,1-2H3,(H,35,40)(H,37,39);2-8H,9H2,1H3,(H,16,17). The Morgan fingerprint density at radius 3 is 2.03 bits per heavy atom. The van der Waals surface area contributed by atoms with Crippen LogP contribution >= 0.6 is 0 Å². The number of methoxy groups -OCH3 is 2. The smallest absolute Gasteiger partial charge is 0.256 e.